The molecule has 5 amide bonds. The molecular formula is C27H34N4O7. The zero-order chi connectivity index (χ0) is 27.2. The second-order valence-corrected chi connectivity index (χ2v) is 11.4. The van der Waals surface area contributed by atoms with Crippen LogP contribution in [0.3, 0.4) is 0 Å². The van der Waals surface area contributed by atoms with Gasteiger partial charge in [-0.3, -0.25) is 29.4 Å². The minimum Gasteiger partial charge on any atom is -0.444 e. The van der Waals surface area contributed by atoms with Gasteiger partial charge < -0.3 is 19.7 Å². The van der Waals surface area contributed by atoms with E-state index in [2.05, 4.69) is 10.6 Å². The molecule has 38 heavy (non-hydrogen) atoms. The number of likely N-dealkylation sites (tertiary alicyclic amines) is 1. The average molecular weight is 527 g/mol. The van der Waals surface area contributed by atoms with Crippen molar-refractivity contribution in [2.24, 2.45) is 0 Å². The smallest absolute Gasteiger partial charge is 0.410 e. The molecule has 3 heterocycles. The van der Waals surface area contributed by atoms with E-state index in [0.717, 1.165) is 30.6 Å². The summed E-state index contributed by atoms with van der Waals surface area (Å²) in [6.07, 6.45) is 3.11. The Kier molecular flexibility index (Phi) is 6.89. The number of fused-ring (bicyclic) bond motifs is 1. The van der Waals surface area contributed by atoms with E-state index in [1.165, 1.54) is 0 Å². The summed E-state index contributed by atoms with van der Waals surface area (Å²) in [4.78, 5) is 65.1. The predicted molar refractivity (Wildman–Crippen MR) is 135 cm³/mol. The van der Waals surface area contributed by atoms with Crippen molar-refractivity contribution in [3.8, 4) is 0 Å². The standard InChI is InChI=1S/C27H34N4O7/c1-27(2,3)38-26(36)30-11-9-16(10-12-30)37-17-13-15(14-17)28-19-6-4-5-18-22(19)25(35)31(24(18)34)20-7-8-21(32)29-23(20)33/h4-6,15-17,20,28H,7-14H2,1-3H3,(H,29,32,33)/t15-,17-,20?. The number of hydrogen-bond donors (Lipinski definition) is 2. The highest BCUT2D eigenvalue weighted by Gasteiger charge is 2.46. The number of nitrogens with zero attached hydrogens (tertiary/aromatic N) is 2. The fourth-order valence-electron chi connectivity index (χ4n) is 5.42. The Morgan fingerprint density at radius 1 is 1.00 bits per heavy atom. The molecule has 1 saturated carbocycles. The highest BCUT2D eigenvalue weighted by atomic mass is 16.6. The van der Waals surface area contributed by atoms with E-state index < -0.39 is 35.3 Å². The number of piperidine rings is 2. The molecule has 3 aliphatic heterocycles. The molecule has 1 aromatic rings. The lowest BCUT2D eigenvalue weighted by Crippen LogP contribution is -2.54. The summed E-state index contributed by atoms with van der Waals surface area (Å²) in [6.45, 7) is 6.77. The molecule has 2 saturated heterocycles. The Hall–Kier alpha value is -3.47. The monoisotopic (exact) mass is 526 g/mol. The number of nitrogens with one attached hydrogen (secondary N) is 2. The number of amides is 5. The largest absolute Gasteiger partial charge is 0.444 e. The highest BCUT2D eigenvalue weighted by molar-refractivity contribution is 6.25. The van der Waals surface area contributed by atoms with Crippen LogP contribution in [0.1, 0.15) is 80.0 Å². The Balaban J connectivity index is 1.13. The summed E-state index contributed by atoms with van der Waals surface area (Å²) in [5.41, 5.74) is 0.567. The summed E-state index contributed by atoms with van der Waals surface area (Å²) in [5, 5.41) is 5.59. The van der Waals surface area contributed by atoms with Gasteiger partial charge in [0.25, 0.3) is 11.8 Å². The van der Waals surface area contributed by atoms with Gasteiger partial charge in [0.2, 0.25) is 11.8 Å². The molecule has 11 nitrogen and oxygen atoms in total. The van der Waals surface area contributed by atoms with E-state index >= 15 is 0 Å². The molecule has 0 aromatic heterocycles. The van der Waals surface area contributed by atoms with Crippen LogP contribution < -0.4 is 10.6 Å². The first-order valence-corrected chi connectivity index (χ1v) is 13.2. The first kappa shape index (κ1) is 26.1. The number of ether oxygens (including phenoxy) is 2. The molecular weight excluding hydrogens is 492 g/mol. The maximum absolute atomic E-state index is 13.3. The first-order chi connectivity index (χ1) is 18.0. The van der Waals surface area contributed by atoms with E-state index in [4.69, 9.17) is 9.47 Å². The van der Waals surface area contributed by atoms with Gasteiger partial charge in [-0.2, -0.15) is 0 Å². The molecule has 5 rings (SSSR count). The Bertz CT molecular complexity index is 1160. The quantitative estimate of drug-likeness (QED) is 0.559. The predicted octanol–water partition coefficient (Wildman–Crippen LogP) is 2.45. The molecule has 0 spiro atoms. The number of anilines is 1. The Morgan fingerprint density at radius 2 is 1.71 bits per heavy atom. The van der Waals surface area contributed by atoms with Crippen LogP contribution >= 0.6 is 0 Å². The first-order valence-electron chi connectivity index (χ1n) is 13.2. The highest BCUT2D eigenvalue weighted by Crippen LogP contribution is 2.36. The molecule has 204 valence electrons. The molecule has 0 radical (unpaired) electrons. The van der Waals surface area contributed by atoms with Gasteiger partial charge in [0, 0.05) is 31.2 Å². The van der Waals surface area contributed by atoms with Gasteiger partial charge in [-0.1, -0.05) is 6.07 Å². The molecule has 4 aliphatic rings. The van der Waals surface area contributed by atoms with E-state index in [1.807, 2.05) is 20.8 Å². The third-order valence-electron chi connectivity index (χ3n) is 7.40. The van der Waals surface area contributed by atoms with Gasteiger partial charge in [-0.25, -0.2) is 4.79 Å². The lowest BCUT2D eigenvalue weighted by atomic mass is 9.88. The number of imide groups is 2. The van der Waals surface area contributed by atoms with Gasteiger partial charge >= 0.3 is 6.09 Å². The van der Waals surface area contributed by atoms with Gasteiger partial charge in [0.1, 0.15) is 11.6 Å². The average Bonchev–Trinajstić information content (AvgIpc) is 3.08. The van der Waals surface area contributed by atoms with Crippen molar-refractivity contribution in [3.05, 3.63) is 29.3 Å². The third-order valence-corrected chi connectivity index (χ3v) is 7.40. The summed E-state index contributed by atoms with van der Waals surface area (Å²) in [7, 11) is 0. The van der Waals surface area contributed by atoms with Crippen LogP contribution in [0.25, 0.3) is 0 Å². The van der Waals surface area contributed by atoms with Crippen LogP contribution in [0.5, 0.6) is 0 Å². The fourth-order valence-corrected chi connectivity index (χ4v) is 5.42. The van der Waals surface area contributed by atoms with Crippen LogP contribution in [0.2, 0.25) is 0 Å². The van der Waals surface area contributed by atoms with E-state index in [1.54, 1.807) is 23.1 Å². The zero-order valence-electron chi connectivity index (χ0n) is 22.0. The van der Waals surface area contributed by atoms with Gasteiger partial charge in [0.05, 0.1) is 23.3 Å². The fraction of sp³-hybridized carbons (Fsp3) is 0.593. The second-order valence-electron chi connectivity index (χ2n) is 11.4. The Labute approximate surface area is 221 Å². The van der Waals surface area contributed by atoms with Crippen LogP contribution in [-0.2, 0) is 19.1 Å². The van der Waals surface area contributed by atoms with E-state index in [-0.39, 0.29) is 48.3 Å². The minimum absolute atomic E-state index is 0.0818. The van der Waals surface area contributed by atoms with Crippen LogP contribution in [-0.4, -0.2) is 82.5 Å². The minimum atomic E-state index is -0.990. The summed E-state index contributed by atoms with van der Waals surface area (Å²) < 4.78 is 11.7. The van der Waals surface area contributed by atoms with Crippen molar-refractivity contribution in [2.75, 3.05) is 18.4 Å². The molecule has 0 bridgehead atoms. The van der Waals surface area contributed by atoms with Crippen molar-refractivity contribution in [3.63, 3.8) is 0 Å². The van der Waals surface area contributed by atoms with Crippen molar-refractivity contribution >= 4 is 35.4 Å². The van der Waals surface area contributed by atoms with Crippen molar-refractivity contribution < 1.29 is 33.4 Å². The number of rotatable bonds is 5. The van der Waals surface area contributed by atoms with E-state index in [9.17, 15) is 24.0 Å². The number of carbonyl (C=O) groups excluding carboxylic acids is 5. The molecule has 11 heteroatoms. The number of hydrogen-bond acceptors (Lipinski definition) is 8. The molecule has 1 aromatic carbocycles. The maximum atomic E-state index is 13.3. The molecule has 2 N–H and O–H groups in total. The van der Waals surface area contributed by atoms with Crippen LogP contribution in [0, 0.1) is 0 Å². The number of carbonyl (C=O) groups is 5. The molecule has 1 aliphatic carbocycles. The van der Waals surface area contributed by atoms with Crippen molar-refractivity contribution in [1.29, 1.82) is 0 Å². The normalized spacial score (nSPS) is 26.1. The number of benzene rings is 1. The summed E-state index contributed by atoms with van der Waals surface area (Å²) >= 11 is 0. The van der Waals surface area contributed by atoms with Crippen LogP contribution in [0.15, 0.2) is 18.2 Å². The summed E-state index contributed by atoms with van der Waals surface area (Å²) in [6, 6.07) is 4.16. The Morgan fingerprint density at radius 3 is 2.37 bits per heavy atom. The van der Waals surface area contributed by atoms with Gasteiger partial charge in [-0.15, -0.1) is 0 Å². The molecule has 3 fully saturated rings. The van der Waals surface area contributed by atoms with Gasteiger partial charge in [0.15, 0.2) is 0 Å². The maximum Gasteiger partial charge on any atom is 0.410 e. The third kappa shape index (κ3) is 5.24. The van der Waals surface area contributed by atoms with Crippen LogP contribution in [0.4, 0.5) is 10.5 Å². The van der Waals surface area contributed by atoms with Gasteiger partial charge in [-0.05, 0) is 65.0 Å². The summed E-state index contributed by atoms with van der Waals surface area (Å²) in [5.74, 6) is -2.07. The topological polar surface area (TPSA) is 134 Å². The van der Waals surface area contributed by atoms with E-state index in [0.29, 0.717) is 18.8 Å². The lowest BCUT2D eigenvalue weighted by molar-refractivity contribution is -0.136. The second kappa shape index (κ2) is 10.0. The van der Waals surface area contributed by atoms with Crippen molar-refractivity contribution in [2.45, 2.75) is 89.2 Å². The molecule has 1 atom stereocenters. The zero-order valence-corrected chi connectivity index (χ0v) is 22.0. The van der Waals surface area contributed by atoms with Crippen molar-refractivity contribution in [1.82, 2.24) is 15.1 Å². The molecule has 1 unspecified atom stereocenters. The lowest BCUT2D eigenvalue weighted by Gasteiger charge is -2.40. The SMILES string of the molecule is CC(C)(C)OC(=O)N1CCC(O[C@H]2C[C@H](Nc3cccc4c3C(=O)N(C3CCC(=O)NC3=O)C4=O)C2)CC1.